The van der Waals surface area contributed by atoms with Gasteiger partial charge in [0.15, 0.2) is 8.32 Å². The van der Waals surface area contributed by atoms with Crippen LogP contribution in [0, 0.1) is 0 Å². The van der Waals surface area contributed by atoms with E-state index in [1.165, 1.54) is 64.2 Å². The van der Waals surface area contributed by atoms with E-state index in [1.807, 2.05) is 13.0 Å². The maximum absolute atomic E-state index is 12.4. The lowest BCUT2D eigenvalue weighted by atomic mass is 9.94. The van der Waals surface area contributed by atoms with Gasteiger partial charge >= 0.3 is 5.97 Å². The van der Waals surface area contributed by atoms with Crippen LogP contribution >= 0.6 is 0 Å². The Morgan fingerprint density at radius 1 is 0.796 bits per heavy atom. The molecule has 8 atom stereocenters. The van der Waals surface area contributed by atoms with Crippen molar-refractivity contribution in [2.75, 3.05) is 13.9 Å². The molecule has 0 aromatic carbocycles. The van der Waals surface area contributed by atoms with E-state index in [0.717, 1.165) is 89.0 Å². The lowest BCUT2D eigenvalue weighted by Gasteiger charge is -2.39. The van der Waals surface area contributed by atoms with Crippen molar-refractivity contribution in [3.63, 3.8) is 0 Å². The predicted octanol–water partition coefficient (Wildman–Crippen LogP) is 11.5. The molecule has 3 aliphatic rings. The van der Waals surface area contributed by atoms with E-state index >= 15 is 0 Å². The number of methoxy groups -OCH3 is 1. The third-order valence-corrected chi connectivity index (χ3v) is 17.2. The van der Waals surface area contributed by atoms with Crippen LogP contribution in [0.15, 0.2) is 11.6 Å². The molecule has 0 saturated carbocycles. The Hall–Kier alpha value is -0.813. The summed E-state index contributed by atoms with van der Waals surface area (Å²) in [6, 6.07) is 0. The van der Waals surface area contributed by atoms with Crippen molar-refractivity contribution < 1.29 is 38.0 Å². The zero-order chi connectivity index (χ0) is 39.4. The van der Waals surface area contributed by atoms with Crippen molar-refractivity contribution in [1.29, 1.82) is 0 Å². The highest BCUT2D eigenvalue weighted by Gasteiger charge is 2.41. The quantitative estimate of drug-likeness (QED) is 0.0347. The number of aliphatic hydroxyl groups is 1. The van der Waals surface area contributed by atoms with Crippen molar-refractivity contribution in [1.82, 2.24) is 0 Å². The molecule has 0 amide bonds. The van der Waals surface area contributed by atoms with Crippen LogP contribution in [0.5, 0.6) is 0 Å². The first-order valence-electron chi connectivity index (χ1n) is 22.5. The van der Waals surface area contributed by atoms with Crippen LogP contribution in [-0.4, -0.2) is 82.1 Å². The lowest BCUT2D eigenvalue weighted by molar-refractivity contribution is -0.172. The zero-order valence-electron chi connectivity index (χ0n) is 36.2. The van der Waals surface area contributed by atoms with Gasteiger partial charge in [0, 0.05) is 25.2 Å². The van der Waals surface area contributed by atoms with E-state index in [0.29, 0.717) is 13.2 Å². The Labute approximate surface area is 332 Å². The van der Waals surface area contributed by atoms with Gasteiger partial charge in [-0.15, -0.1) is 0 Å². The third-order valence-electron chi connectivity index (χ3n) is 12.6. The molecule has 0 radical (unpaired) electrons. The average Bonchev–Trinajstić information content (AvgIpc) is 3.74. The van der Waals surface area contributed by atoms with Gasteiger partial charge in [0.05, 0.1) is 36.6 Å². The molecule has 316 valence electrons. The molecule has 0 aliphatic carbocycles. The second-order valence-corrected chi connectivity index (χ2v) is 23.2. The highest BCUT2D eigenvalue weighted by atomic mass is 28.4. The molecule has 9 heteroatoms. The van der Waals surface area contributed by atoms with Crippen molar-refractivity contribution in [3.05, 3.63) is 11.6 Å². The summed E-state index contributed by atoms with van der Waals surface area (Å²) in [6.07, 6.45) is 28.7. The summed E-state index contributed by atoms with van der Waals surface area (Å²) in [5.74, 6) is -0.186. The minimum absolute atomic E-state index is 0.0423. The fourth-order valence-corrected chi connectivity index (χ4v) is 9.69. The molecule has 2 fully saturated rings. The fourth-order valence-electron chi connectivity index (χ4n) is 8.30. The SMILES string of the molecule is CCCCCCCCCCCC[C@@H](OCOC)[C@H]1CC[C@H]([C@H]2CCC[C@@H]([C@H](O)CCCCCCC[C@H](CC3=C[C@H](C)OC3=O)O[Si](C)(C)C(C)(C)C)O2)O1. The van der Waals surface area contributed by atoms with Crippen LogP contribution in [0.1, 0.15) is 189 Å². The Kier molecular flexibility index (Phi) is 22.5. The van der Waals surface area contributed by atoms with Crippen molar-refractivity contribution in [2.24, 2.45) is 0 Å². The topological polar surface area (TPSA) is 92.7 Å². The average molecular weight is 781 g/mol. The van der Waals surface area contributed by atoms with Crippen LogP contribution < -0.4 is 0 Å². The van der Waals surface area contributed by atoms with Crippen LogP contribution in [0.3, 0.4) is 0 Å². The van der Waals surface area contributed by atoms with Gasteiger partial charge in [0.25, 0.3) is 0 Å². The van der Waals surface area contributed by atoms with Crippen molar-refractivity contribution in [3.8, 4) is 0 Å². The van der Waals surface area contributed by atoms with E-state index < -0.39 is 14.4 Å². The number of esters is 1. The number of aliphatic hydroxyl groups excluding tert-OH is 1. The Morgan fingerprint density at radius 2 is 1.37 bits per heavy atom. The zero-order valence-corrected chi connectivity index (χ0v) is 37.2. The minimum atomic E-state index is -1.97. The van der Waals surface area contributed by atoms with Gasteiger partial charge in [-0.1, -0.05) is 124 Å². The molecule has 3 aliphatic heterocycles. The number of rotatable bonds is 29. The fraction of sp³-hybridized carbons (Fsp3) is 0.933. The molecular formula is C45H84O8Si. The van der Waals surface area contributed by atoms with Crippen LogP contribution in [0.4, 0.5) is 0 Å². The predicted molar refractivity (Wildman–Crippen MR) is 222 cm³/mol. The van der Waals surface area contributed by atoms with Crippen LogP contribution in [0.2, 0.25) is 18.1 Å². The normalized spacial score (nSPS) is 25.5. The van der Waals surface area contributed by atoms with Crippen LogP contribution in [-0.2, 0) is 32.9 Å². The molecule has 0 aromatic heterocycles. The molecule has 2 saturated heterocycles. The van der Waals surface area contributed by atoms with Crippen LogP contribution in [0.25, 0.3) is 0 Å². The van der Waals surface area contributed by atoms with E-state index in [1.54, 1.807) is 7.11 Å². The molecular weight excluding hydrogens is 697 g/mol. The summed E-state index contributed by atoms with van der Waals surface area (Å²) in [5.41, 5.74) is 0.770. The molecule has 0 aromatic rings. The third kappa shape index (κ3) is 17.4. The molecule has 3 heterocycles. The highest BCUT2D eigenvalue weighted by molar-refractivity contribution is 6.74. The summed E-state index contributed by atoms with van der Waals surface area (Å²) >= 11 is 0. The Morgan fingerprint density at radius 3 is 1.96 bits per heavy atom. The first-order valence-corrected chi connectivity index (χ1v) is 25.4. The molecule has 0 bridgehead atoms. The van der Waals surface area contributed by atoms with Crippen molar-refractivity contribution in [2.45, 2.75) is 256 Å². The second-order valence-electron chi connectivity index (χ2n) is 18.4. The largest absolute Gasteiger partial charge is 0.455 e. The molecule has 1 N–H and O–H groups in total. The van der Waals surface area contributed by atoms with E-state index in [9.17, 15) is 9.90 Å². The molecule has 54 heavy (non-hydrogen) atoms. The highest BCUT2D eigenvalue weighted by Crippen LogP contribution is 2.39. The summed E-state index contributed by atoms with van der Waals surface area (Å²) < 4.78 is 36.9. The van der Waals surface area contributed by atoms with E-state index in [2.05, 4.69) is 40.8 Å². The Bertz CT molecular complexity index is 1040. The standard InChI is InChI=1S/C45H84O8Si/c1-9-10-11-12-13-14-15-16-20-23-27-40(49-34-48-6)42-30-31-43(52-42)41-29-24-28-39(51-41)38(46)26-22-19-17-18-21-25-37(53-54(7,8)45(3,4)5)33-36-32-35(2)50-44(36)47/h32,35,37-43,46H,9-31,33-34H2,1-8H3/t35-,37+,38+,39-,40+,41+,42+,43+/m0/s1. The first kappa shape index (κ1) is 47.6. The van der Waals surface area contributed by atoms with E-state index in [4.69, 9.17) is 28.1 Å². The second kappa shape index (κ2) is 25.5. The molecule has 3 rings (SSSR count). The van der Waals surface area contributed by atoms with Gasteiger partial charge in [0.2, 0.25) is 0 Å². The van der Waals surface area contributed by atoms with Gasteiger partial charge in [-0.2, -0.15) is 0 Å². The summed E-state index contributed by atoms with van der Waals surface area (Å²) in [4.78, 5) is 12.4. The summed E-state index contributed by atoms with van der Waals surface area (Å²) in [5, 5.41) is 11.3. The van der Waals surface area contributed by atoms with Gasteiger partial charge in [-0.3, -0.25) is 0 Å². The molecule has 0 unspecified atom stereocenters. The number of carbonyl (C=O) groups excluding carboxylic acids is 1. The number of carbonyl (C=O) groups is 1. The van der Waals surface area contributed by atoms with Gasteiger partial charge < -0.3 is 33.2 Å². The monoisotopic (exact) mass is 781 g/mol. The first-order chi connectivity index (χ1) is 25.8. The van der Waals surface area contributed by atoms with E-state index in [-0.39, 0.29) is 53.7 Å². The van der Waals surface area contributed by atoms with Gasteiger partial charge in [-0.25, -0.2) is 4.79 Å². The lowest BCUT2D eigenvalue weighted by Crippen LogP contribution is -2.44. The molecule has 0 spiro atoms. The molecule has 8 nitrogen and oxygen atoms in total. The Balaban J connectivity index is 1.33. The maximum atomic E-state index is 12.4. The number of cyclic esters (lactones) is 1. The smallest absolute Gasteiger partial charge is 0.334 e. The number of hydrogen-bond donors (Lipinski definition) is 1. The number of unbranched alkanes of at least 4 members (excludes halogenated alkanes) is 13. The maximum Gasteiger partial charge on any atom is 0.334 e. The number of ether oxygens (including phenoxy) is 5. The number of hydrogen-bond acceptors (Lipinski definition) is 8. The van der Waals surface area contributed by atoms with Gasteiger partial charge in [0.1, 0.15) is 12.9 Å². The summed E-state index contributed by atoms with van der Waals surface area (Å²) in [6.45, 7) is 15.9. The minimum Gasteiger partial charge on any atom is -0.455 e. The van der Waals surface area contributed by atoms with Gasteiger partial charge in [-0.05, 0) is 82.5 Å². The van der Waals surface area contributed by atoms with Crippen molar-refractivity contribution >= 4 is 14.3 Å². The summed E-state index contributed by atoms with van der Waals surface area (Å²) in [7, 11) is -0.276.